The Morgan fingerprint density at radius 3 is 3.07 bits per heavy atom. The van der Waals surface area contributed by atoms with Crippen LogP contribution in [0.5, 0.6) is 0 Å². The van der Waals surface area contributed by atoms with Crippen LogP contribution in [0.1, 0.15) is 18.7 Å². The number of imidazole rings is 1. The lowest BCUT2D eigenvalue weighted by atomic mass is 10.2. The monoisotopic (exact) mass is 194 g/mol. The Bertz CT molecular complexity index is 396. The van der Waals surface area contributed by atoms with Crippen LogP contribution in [0.15, 0.2) is 17.5 Å². The predicted octanol–water partition coefficient (Wildman–Crippen LogP) is 0.452. The van der Waals surface area contributed by atoms with Crippen LogP contribution in [0.2, 0.25) is 0 Å². The molecule has 2 heterocycles. The molecule has 1 atom stereocenters. The number of nitrogens with two attached hydrogens (primary N) is 1. The Morgan fingerprint density at radius 1 is 1.71 bits per heavy atom. The number of aromatic nitrogens is 2. The molecule has 14 heavy (non-hydrogen) atoms. The van der Waals surface area contributed by atoms with E-state index in [-0.39, 0.29) is 5.84 Å². The van der Waals surface area contributed by atoms with Gasteiger partial charge in [-0.3, -0.25) is 0 Å². The molecule has 1 aromatic heterocycles. The Morgan fingerprint density at radius 2 is 2.50 bits per heavy atom. The number of aryl methyl sites for hydroxylation is 1. The van der Waals surface area contributed by atoms with Gasteiger partial charge in [-0.15, -0.1) is 0 Å². The number of amidine groups is 1. The summed E-state index contributed by atoms with van der Waals surface area (Å²) in [6.45, 7) is 2.71. The number of cyclic esters (lactones) is 1. The average Bonchev–Trinajstić information content (AvgIpc) is 2.71. The minimum absolute atomic E-state index is 0.185. The third-order valence-corrected chi connectivity index (χ3v) is 2.06. The molecule has 0 saturated carbocycles. The summed E-state index contributed by atoms with van der Waals surface area (Å²) in [6.07, 6.45) is 2.06. The van der Waals surface area contributed by atoms with E-state index in [4.69, 9.17) is 10.5 Å². The van der Waals surface area contributed by atoms with Crippen molar-refractivity contribution in [2.24, 2.45) is 10.7 Å². The maximum absolute atomic E-state index is 10.8. The fraction of sp³-hybridized carbons (Fsp3) is 0.375. The van der Waals surface area contributed by atoms with Crippen molar-refractivity contribution in [1.29, 1.82) is 0 Å². The van der Waals surface area contributed by atoms with Gasteiger partial charge >= 0.3 is 6.09 Å². The minimum atomic E-state index is -0.642. The normalized spacial score (nSPS) is 20.8. The van der Waals surface area contributed by atoms with Crippen molar-refractivity contribution in [3.63, 3.8) is 0 Å². The second-order valence-electron chi connectivity index (χ2n) is 2.90. The molecule has 0 aromatic carbocycles. The minimum Gasteiger partial charge on any atom is -0.430 e. The van der Waals surface area contributed by atoms with Gasteiger partial charge in [0.15, 0.2) is 5.84 Å². The molecule has 0 aliphatic carbocycles. The molecule has 1 aliphatic heterocycles. The van der Waals surface area contributed by atoms with Crippen molar-refractivity contribution in [2.75, 3.05) is 0 Å². The zero-order valence-corrected chi connectivity index (χ0v) is 7.67. The van der Waals surface area contributed by atoms with Crippen LogP contribution in [-0.2, 0) is 11.3 Å². The molecule has 74 valence electrons. The van der Waals surface area contributed by atoms with E-state index in [0.717, 1.165) is 12.2 Å². The van der Waals surface area contributed by atoms with E-state index in [9.17, 15) is 4.79 Å². The molecule has 0 spiro atoms. The molecule has 2 rings (SSSR count). The maximum atomic E-state index is 10.8. The Labute approximate surface area is 80.4 Å². The molecule has 0 fully saturated rings. The number of carbonyl (C=O) groups excluding carboxylic acids is 1. The summed E-state index contributed by atoms with van der Waals surface area (Å²) in [5.41, 5.74) is 6.30. The molecule has 1 aliphatic rings. The van der Waals surface area contributed by atoms with Gasteiger partial charge in [0.1, 0.15) is 0 Å². The molecule has 1 aromatic rings. The fourth-order valence-corrected chi connectivity index (χ4v) is 1.38. The van der Waals surface area contributed by atoms with Crippen LogP contribution < -0.4 is 5.73 Å². The van der Waals surface area contributed by atoms with Crippen molar-refractivity contribution in [3.05, 3.63) is 18.2 Å². The Balaban J connectivity index is 2.33. The number of hydrogen-bond acceptors (Lipinski definition) is 4. The first-order valence-corrected chi connectivity index (χ1v) is 4.27. The number of aliphatic imine (C=N–C) groups is 1. The smallest absolute Gasteiger partial charge is 0.430 e. The second-order valence-corrected chi connectivity index (χ2v) is 2.90. The molecule has 6 heteroatoms. The number of amides is 1. The lowest BCUT2D eigenvalue weighted by Gasteiger charge is -2.10. The highest BCUT2D eigenvalue weighted by Crippen LogP contribution is 2.22. The number of carbonyl (C=O) groups is 1. The number of ether oxygens (including phenoxy) is 1. The van der Waals surface area contributed by atoms with Crippen LogP contribution in [-0.4, -0.2) is 21.5 Å². The van der Waals surface area contributed by atoms with Gasteiger partial charge in [-0.1, -0.05) is 0 Å². The summed E-state index contributed by atoms with van der Waals surface area (Å²) in [5.74, 6) is 0.185. The van der Waals surface area contributed by atoms with E-state index in [1.807, 2.05) is 11.5 Å². The predicted molar refractivity (Wildman–Crippen MR) is 48.7 cm³/mol. The van der Waals surface area contributed by atoms with Crippen LogP contribution >= 0.6 is 0 Å². The van der Waals surface area contributed by atoms with Crippen molar-refractivity contribution in [1.82, 2.24) is 9.55 Å². The molecule has 1 unspecified atom stereocenters. The number of nitrogens with zero attached hydrogens (tertiary/aromatic N) is 3. The highest BCUT2D eigenvalue weighted by atomic mass is 16.6. The lowest BCUT2D eigenvalue weighted by molar-refractivity contribution is 0.146. The molecule has 0 radical (unpaired) electrons. The standard InChI is InChI=1S/C8H10N4O2/c1-2-12-4-10-3-5(12)6-7(9)11-8(13)14-6/h3-4,6H,2H2,1H3,(H2,9,11,13). The van der Waals surface area contributed by atoms with E-state index in [2.05, 4.69) is 9.98 Å². The molecule has 6 nitrogen and oxygen atoms in total. The highest BCUT2D eigenvalue weighted by molar-refractivity contribution is 5.99. The van der Waals surface area contributed by atoms with Crippen LogP contribution in [0.4, 0.5) is 4.79 Å². The summed E-state index contributed by atoms with van der Waals surface area (Å²) in [7, 11) is 0. The quantitative estimate of drug-likeness (QED) is 0.741. The van der Waals surface area contributed by atoms with Gasteiger partial charge in [-0.05, 0) is 6.92 Å². The van der Waals surface area contributed by atoms with Gasteiger partial charge in [-0.2, -0.15) is 4.99 Å². The van der Waals surface area contributed by atoms with Crippen molar-refractivity contribution in [2.45, 2.75) is 19.6 Å². The van der Waals surface area contributed by atoms with E-state index in [1.54, 1.807) is 12.5 Å². The number of rotatable bonds is 2. The summed E-state index contributed by atoms with van der Waals surface area (Å²) < 4.78 is 6.78. The van der Waals surface area contributed by atoms with Crippen LogP contribution in [0, 0.1) is 0 Å². The second kappa shape index (κ2) is 3.13. The van der Waals surface area contributed by atoms with Gasteiger partial charge in [0.05, 0.1) is 18.2 Å². The highest BCUT2D eigenvalue weighted by Gasteiger charge is 2.29. The fourth-order valence-electron chi connectivity index (χ4n) is 1.38. The first kappa shape index (κ1) is 8.74. The average molecular weight is 194 g/mol. The first-order chi connectivity index (χ1) is 6.72. The maximum Gasteiger partial charge on any atom is 0.436 e. The Hall–Kier alpha value is -1.85. The molecular formula is C8H10N4O2. The molecular weight excluding hydrogens is 184 g/mol. The van der Waals surface area contributed by atoms with Crippen molar-refractivity contribution in [3.8, 4) is 0 Å². The topological polar surface area (TPSA) is 82.5 Å². The van der Waals surface area contributed by atoms with Crippen molar-refractivity contribution >= 4 is 11.9 Å². The first-order valence-electron chi connectivity index (χ1n) is 4.27. The molecule has 1 amide bonds. The largest absolute Gasteiger partial charge is 0.436 e. The van der Waals surface area contributed by atoms with E-state index < -0.39 is 12.2 Å². The van der Waals surface area contributed by atoms with Crippen LogP contribution in [0.25, 0.3) is 0 Å². The summed E-state index contributed by atoms with van der Waals surface area (Å²) in [6, 6.07) is 0. The molecule has 0 bridgehead atoms. The Kier molecular flexibility index (Phi) is 1.95. The molecule has 0 saturated heterocycles. The van der Waals surface area contributed by atoms with Gasteiger partial charge in [-0.25, -0.2) is 9.78 Å². The molecule has 2 N–H and O–H groups in total. The van der Waals surface area contributed by atoms with Gasteiger partial charge in [0.2, 0.25) is 6.10 Å². The SMILES string of the molecule is CCn1cncc1C1OC(=O)N=C1N. The van der Waals surface area contributed by atoms with Gasteiger partial charge < -0.3 is 15.0 Å². The summed E-state index contributed by atoms with van der Waals surface area (Å²) in [4.78, 5) is 18.3. The van der Waals surface area contributed by atoms with Gasteiger partial charge in [0.25, 0.3) is 0 Å². The van der Waals surface area contributed by atoms with E-state index >= 15 is 0 Å². The van der Waals surface area contributed by atoms with E-state index in [1.165, 1.54) is 0 Å². The third-order valence-electron chi connectivity index (χ3n) is 2.06. The zero-order chi connectivity index (χ0) is 10.1. The van der Waals surface area contributed by atoms with Crippen molar-refractivity contribution < 1.29 is 9.53 Å². The summed E-state index contributed by atoms with van der Waals surface area (Å²) in [5, 5.41) is 0. The van der Waals surface area contributed by atoms with Crippen LogP contribution in [0.3, 0.4) is 0 Å². The third kappa shape index (κ3) is 1.24. The zero-order valence-electron chi connectivity index (χ0n) is 7.67. The van der Waals surface area contributed by atoms with Gasteiger partial charge in [0, 0.05) is 6.54 Å². The summed E-state index contributed by atoms with van der Waals surface area (Å²) >= 11 is 0. The van der Waals surface area contributed by atoms with E-state index in [0.29, 0.717) is 0 Å². The number of hydrogen-bond donors (Lipinski definition) is 1. The lowest BCUT2D eigenvalue weighted by Crippen LogP contribution is -2.21.